The molecule has 0 unspecified atom stereocenters. The van der Waals surface area contributed by atoms with Gasteiger partial charge in [-0.1, -0.05) is 115 Å². The Kier molecular flexibility index (Phi) is 20.9. The van der Waals surface area contributed by atoms with Gasteiger partial charge in [0.2, 0.25) is 0 Å². The van der Waals surface area contributed by atoms with Gasteiger partial charge in [0.15, 0.2) is 0 Å². The second kappa shape index (κ2) is 23.3. The van der Waals surface area contributed by atoms with Gasteiger partial charge >= 0.3 is 11.9 Å². The van der Waals surface area contributed by atoms with E-state index in [4.69, 9.17) is 10.2 Å². The number of benzene rings is 1. The predicted molar refractivity (Wildman–Crippen MR) is 155 cm³/mol. The van der Waals surface area contributed by atoms with E-state index in [9.17, 15) is 9.59 Å². The van der Waals surface area contributed by atoms with Crippen molar-refractivity contribution in [2.45, 2.75) is 161 Å². The van der Waals surface area contributed by atoms with Crippen LogP contribution in [-0.2, 0) is 28.9 Å². The number of hydrogen-bond acceptors (Lipinski definition) is 2. The summed E-state index contributed by atoms with van der Waals surface area (Å²) in [6, 6.07) is 7.02. The minimum Gasteiger partial charge on any atom is -0.481 e. The Balaban J connectivity index is 2.44. The number of carboxylic acid groups (broad SMARTS) is 2. The van der Waals surface area contributed by atoms with Crippen molar-refractivity contribution in [3.63, 3.8) is 0 Å². The Hall–Kier alpha value is -1.84. The van der Waals surface area contributed by atoms with E-state index in [1.54, 1.807) is 16.7 Å². The molecule has 0 radical (unpaired) electrons. The number of carboxylic acids is 2. The van der Waals surface area contributed by atoms with E-state index in [0.717, 1.165) is 38.5 Å². The largest absolute Gasteiger partial charge is 0.481 e. The fourth-order valence-electron chi connectivity index (χ4n) is 5.33. The molecule has 0 spiro atoms. The van der Waals surface area contributed by atoms with Gasteiger partial charge in [0, 0.05) is 12.8 Å². The molecule has 1 rings (SSSR count). The summed E-state index contributed by atoms with van der Waals surface area (Å²) in [6.07, 6.45) is 26.9. The van der Waals surface area contributed by atoms with E-state index < -0.39 is 11.9 Å². The Morgan fingerprint density at radius 1 is 0.514 bits per heavy atom. The van der Waals surface area contributed by atoms with Crippen LogP contribution in [0.5, 0.6) is 0 Å². The third-order valence-electron chi connectivity index (χ3n) is 7.57. The molecule has 37 heavy (non-hydrogen) atoms. The molecule has 4 heteroatoms. The van der Waals surface area contributed by atoms with Gasteiger partial charge in [0.25, 0.3) is 0 Å². The van der Waals surface area contributed by atoms with E-state index in [0.29, 0.717) is 12.8 Å². The van der Waals surface area contributed by atoms with Crippen LogP contribution >= 0.6 is 0 Å². The molecule has 0 saturated heterocycles. The fraction of sp³-hybridized carbons (Fsp3) is 0.758. The maximum atomic E-state index is 10.6. The lowest BCUT2D eigenvalue weighted by Gasteiger charge is -2.16. The molecule has 0 saturated carbocycles. The summed E-state index contributed by atoms with van der Waals surface area (Å²) in [5.41, 5.74) is 4.79. The van der Waals surface area contributed by atoms with E-state index in [-0.39, 0.29) is 0 Å². The summed E-state index contributed by atoms with van der Waals surface area (Å²) in [5, 5.41) is 17.5. The molecular weight excluding hydrogens is 460 g/mol. The highest BCUT2D eigenvalue weighted by molar-refractivity contribution is 5.66. The molecule has 0 aliphatic carbocycles. The average molecular weight is 517 g/mol. The normalized spacial score (nSPS) is 11.2. The first kappa shape index (κ1) is 33.2. The molecule has 212 valence electrons. The fourth-order valence-corrected chi connectivity index (χ4v) is 5.33. The molecule has 0 aromatic heterocycles. The minimum absolute atomic E-state index is 0.310. The van der Waals surface area contributed by atoms with Crippen molar-refractivity contribution in [2.24, 2.45) is 0 Å². The second-order valence-corrected chi connectivity index (χ2v) is 11.0. The highest BCUT2D eigenvalue weighted by Crippen LogP contribution is 2.23. The molecular formula is C33H56O4. The van der Waals surface area contributed by atoms with Gasteiger partial charge in [0.1, 0.15) is 0 Å². The molecule has 0 aliphatic rings. The molecule has 0 bridgehead atoms. The van der Waals surface area contributed by atoms with Gasteiger partial charge in [-0.15, -0.1) is 0 Å². The molecule has 4 nitrogen and oxygen atoms in total. The first-order valence-electron chi connectivity index (χ1n) is 15.6. The molecule has 2 N–H and O–H groups in total. The third-order valence-corrected chi connectivity index (χ3v) is 7.57. The monoisotopic (exact) mass is 516 g/mol. The van der Waals surface area contributed by atoms with E-state index >= 15 is 0 Å². The van der Waals surface area contributed by atoms with Crippen LogP contribution < -0.4 is 0 Å². The molecule has 0 heterocycles. The summed E-state index contributed by atoms with van der Waals surface area (Å²) >= 11 is 0. The first-order valence-corrected chi connectivity index (χ1v) is 15.6. The predicted octanol–water partition coefficient (Wildman–Crippen LogP) is 9.70. The zero-order valence-electron chi connectivity index (χ0n) is 23.9. The summed E-state index contributed by atoms with van der Waals surface area (Å²) in [6.45, 7) is 2.27. The van der Waals surface area contributed by atoms with Gasteiger partial charge in [-0.05, 0) is 68.1 Å². The summed E-state index contributed by atoms with van der Waals surface area (Å²) in [5.74, 6) is -1.35. The number of unbranched alkanes of at least 4 members (excludes halogenated alkanes) is 16. The first-order chi connectivity index (χ1) is 18.0. The van der Waals surface area contributed by atoms with Gasteiger partial charge in [0.05, 0.1) is 0 Å². The van der Waals surface area contributed by atoms with Crippen molar-refractivity contribution < 1.29 is 19.8 Å². The number of rotatable bonds is 26. The van der Waals surface area contributed by atoms with Crippen LogP contribution in [0.2, 0.25) is 0 Å². The third kappa shape index (κ3) is 19.0. The molecule has 1 aromatic rings. The van der Waals surface area contributed by atoms with Crippen LogP contribution in [0.3, 0.4) is 0 Å². The Labute approximate surface area is 227 Å². The number of aliphatic carboxylic acids is 2. The molecule has 0 fully saturated rings. The maximum Gasteiger partial charge on any atom is 0.303 e. The van der Waals surface area contributed by atoms with Crippen LogP contribution in [0, 0.1) is 0 Å². The van der Waals surface area contributed by atoms with Crippen molar-refractivity contribution in [1.82, 2.24) is 0 Å². The lowest BCUT2D eigenvalue weighted by atomic mass is 9.90. The lowest BCUT2D eigenvalue weighted by Crippen LogP contribution is -2.02. The van der Waals surface area contributed by atoms with Crippen LogP contribution in [0.4, 0.5) is 0 Å². The smallest absolute Gasteiger partial charge is 0.303 e. The summed E-state index contributed by atoms with van der Waals surface area (Å²) in [7, 11) is 0. The number of carbonyl (C=O) groups is 2. The average Bonchev–Trinajstić information content (AvgIpc) is 2.87. The summed E-state index contributed by atoms with van der Waals surface area (Å²) < 4.78 is 0. The Morgan fingerprint density at radius 2 is 0.865 bits per heavy atom. The number of hydrogen-bond donors (Lipinski definition) is 2. The zero-order chi connectivity index (χ0) is 27.0. The Bertz CT molecular complexity index is 712. The molecule has 0 amide bonds. The standard InChI is InChI=1S/C33H56O4/c1-2-3-4-11-16-22-29-24-21-25-30(23-17-12-7-5-9-14-19-27-32(34)35)31(29)26-18-13-8-6-10-15-20-28-33(36)37/h21,24-25H,2-20,22-23,26-28H2,1H3,(H,34,35)(H,36,37). The van der Waals surface area contributed by atoms with Crippen molar-refractivity contribution >= 4 is 11.9 Å². The van der Waals surface area contributed by atoms with Gasteiger partial charge in [-0.25, -0.2) is 0 Å². The SMILES string of the molecule is CCCCCCCc1cccc(CCCCCCCCCC(=O)O)c1CCCCCCCCCC(=O)O. The highest BCUT2D eigenvalue weighted by Gasteiger charge is 2.09. The van der Waals surface area contributed by atoms with E-state index in [1.165, 1.54) is 103 Å². The van der Waals surface area contributed by atoms with Crippen LogP contribution in [0.1, 0.15) is 158 Å². The van der Waals surface area contributed by atoms with Crippen LogP contribution in [0.15, 0.2) is 18.2 Å². The van der Waals surface area contributed by atoms with Gasteiger partial charge in [-0.3, -0.25) is 9.59 Å². The lowest BCUT2D eigenvalue weighted by molar-refractivity contribution is -0.138. The van der Waals surface area contributed by atoms with Crippen LogP contribution in [-0.4, -0.2) is 22.2 Å². The molecule has 0 atom stereocenters. The zero-order valence-corrected chi connectivity index (χ0v) is 23.9. The van der Waals surface area contributed by atoms with Crippen molar-refractivity contribution in [3.8, 4) is 0 Å². The Morgan fingerprint density at radius 3 is 1.27 bits per heavy atom. The number of aryl methyl sites for hydroxylation is 2. The van der Waals surface area contributed by atoms with Gasteiger partial charge in [-0.2, -0.15) is 0 Å². The maximum absolute atomic E-state index is 10.6. The molecule has 1 aromatic carbocycles. The van der Waals surface area contributed by atoms with E-state index in [1.807, 2.05) is 0 Å². The van der Waals surface area contributed by atoms with Gasteiger partial charge < -0.3 is 10.2 Å². The van der Waals surface area contributed by atoms with Crippen molar-refractivity contribution in [2.75, 3.05) is 0 Å². The second-order valence-electron chi connectivity index (χ2n) is 11.0. The van der Waals surface area contributed by atoms with Crippen molar-refractivity contribution in [1.29, 1.82) is 0 Å². The van der Waals surface area contributed by atoms with Crippen LogP contribution in [0.25, 0.3) is 0 Å². The molecule has 0 aliphatic heterocycles. The highest BCUT2D eigenvalue weighted by atomic mass is 16.4. The van der Waals surface area contributed by atoms with E-state index in [2.05, 4.69) is 25.1 Å². The quantitative estimate of drug-likeness (QED) is 0.120. The topological polar surface area (TPSA) is 74.6 Å². The summed E-state index contributed by atoms with van der Waals surface area (Å²) in [4.78, 5) is 21.2. The minimum atomic E-state index is -0.674. The van der Waals surface area contributed by atoms with Crippen molar-refractivity contribution in [3.05, 3.63) is 34.9 Å².